The Morgan fingerprint density at radius 2 is 1.02 bits per heavy atom. The van der Waals surface area contributed by atoms with Crippen molar-refractivity contribution in [2.75, 3.05) is 69.9 Å². The van der Waals surface area contributed by atoms with Crippen LogP contribution in [0.3, 0.4) is 0 Å². The van der Waals surface area contributed by atoms with Crippen molar-refractivity contribution in [3.8, 4) is 0 Å². The largest absolute Gasteiger partial charge is 0.419 e. The van der Waals surface area contributed by atoms with Crippen LogP contribution in [-0.4, -0.2) is 118 Å². The zero-order valence-corrected chi connectivity index (χ0v) is 49.5. The molecule has 6 aromatic heterocycles. The van der Waals surface area contributed by atoms with Crippen molar-refractivity contribution >= 4 is 67.2 Å². The molecule has 3 aromatic carbocycles. The van der Waals surface area contributed by atoms with E-state index in [2.05, 4.69) is 61.5 Å². The van der Waals surface area contributed by atoms with Gasteiger partial charge in [-0.15, -0.1) is 15.3 Å². The number of halogens is 10. The van der Waals surface area contributed by atoms with Crippen LogP contribution in [0.4, 0.5) is 78.4 Å². The minimum absolute atomic E-state index is 0.0465. The molecule has 0 saturated carbocycles. The number of aliphatic hydroxyl groups is 3. The van der Waals surface area contributed by atoms with Crippen molar-refractivity contribution in [2.24, 2.45) is 0 Å². The number of benzene rings is 3. The van der Waals surface area contributed by atoms with Gasteiger partial charge in [0.2, 0.25) is 0 Å². The number of hydrogen-bond acceptors (Lipinski definition) is 18. The second kappa shape index (κ2) is 22.8. The summed E-state index contributed by atoms with van der Waals surface area (Å²) in [5.74, 6) is -5.69. The Kier molecular flexibility index (Phi) is 15.3. The monoisotopic (exact) mass is 1260 g/mol. The Bertz CT molecular complexity index is 4370. The van der Waals surface area contributed by atoms with E-state index in [0.29, 0.717) is 63.3 Å². The summed E-state index contributed by atoms with van der Waals surface area (Å²) in [6.45, 7) is 9.30. The molecule has 13 rings (SSSR count). The first kappa shape index (κ1) is 61.0. The van der Waals surface area contributed by atoms with Crippen LogP contribution in [0.5, 0.6) is 0 Å². The van der Waals surface area contributed by atoms with Gasteiger partial charge in [0.1, 0.15) is 11.6 Å². The molecule has 0 spiro atoms. The van der Waals surface area contributed by atoms with Crippen molar-refractivity contribution in [3.63, 3.8) is 0 Å². The fourth-order valence-electron chi connectivity index (χ4n) is 12.9. The zero-order valence-electron chi connectivity index (χ0n) is 49.5. The minimum atomic E-state index is -5.28. The maximum Gasteiger partial charge on any atom is 0.419 e. The van der Waals surface area contributed by atoms with Crippen LogP contribution >= 0.6 is 0 Å². The number of hydrogen-bond donors (Lipinski definition) is 6. The Labute approximate surface area is 512 Å². The van der Waals surface area contributed by atoms with Gasteiger partial charge < -0.3 is 46.0 Å². The molecule has 3 atom stereocenters. The molecule has 3 fully saturated rings. The zero-order chi connectivity index (χ0) is 64.3. The van der Waals surface area contributed by atoms with E-state index in [0.717, 1.165) is 18.2 Å². The highest BCUT2D eigenvalue weighted by Crippen LogP contribution is 2.46. The number of aryl methyl sites for hydroxylation is 1. The third-order valence-electron chi connectivity index (χ3n) is 17.8. The van der Waals surface area contributed by atoms with Gasteiger partial charge in [-0.1, -0.05) is 30.3 Å². The van der Waals surface area contributed by atoms with Gasteiger partial charge in [-0.25, -0.2) is 17.6 Å². The maximum atomic E-state index is 17.0. The van der Waals surface area contributed by atoms with Crippen LogP contribution in [-0.2, 0) is 37.5 Å². The molecule has 0 bridgehead atoms. The van der Waals surface area contributed by atoms with Gasteiger partial charge in [-0.3, -0.25) is 15.0 Å². The van der Waals surface area contributed by atoms with Crippen molar-refractivity contribution in [3.05, 3.63) is 158 Å². The standard InChI is InChI=1S/C63H59F10N15O3/c1-28-43(31(4)79-58-45-14-34(86-22-37(89)23-86)19-74-55(45)32(5)80-83-58)17-49(64)44(52(28)62(68,69)70)18-51-57-47(16-36(21-76-57)88-26-39(91)27-88)60(85-82-51)78-30(3)41-10-9-33(53(54(41)65)63(71,72)73)13-50-56-46(15-35(20-75-56)87-24-38(90)25-87)59(84-81-50)77-29(2)40-7-6-8-48-42(40)11-12-61(48,66)67/h6-10,14-17,19-21,29-31,37-39,89-91H,11-13,18,22-27H2,1-5H3,(H,77,84)(H,78,85)(H,79,83)/t29-,30-,31-/m1/s1. The van der Waals surface area contributed by atoms with E-state index < -0.39 is 107 Å². The molecule has 9 heterocycles. The van der Waals surface area contributed by atoms with Gasteiger partial charge in [0, 0.05) is 91.4 Å². The molecule has 474 valence electrons. The maximum absolute atomic E-state index is 17.0. The van der Waals surface area contributed by atoms with Crippen LogP contribution in [0.1, 0.15) is 118 Å². The molecule has 28 heteroatoms. The lowest BCUT2D eigenvalue weighted by Crippen LogP contribution is -2.50. The number of nitrogens with zero attached hydrogens (tertiary/aromatic N) is 12. The summed E-state index contributed by atoms with van der Waals surface area (Å²) in [4.78, 5) is 19.2. The summed E-state index contributed by atoms with van der Waals surface area (Å²) < 4.78 is 156. The molecule has 4 aliphatic rings. The molecule has 0 radical (unpaired) electrons. The Morgan fingerprint density at radius 1 is 0.560 bits per heavy atom. The van der Waals surface area contributed by atoms with E-state index in [9.17, 15) is 24.1 Å². The number of aliphatic hydroxyl groups excluding tert-OH is 3. The van der Waals surface area contributed by atoms with Crippen LogP contribution in [0, 0.1) is 25.5 Å². The quantitative estimate of drug-likeness (QED) is 0.0495. The van der Waals surface area contributed by atoms with Gasteiger partial charge in [-0.2, -0.15) is 41.6 Å². The van der Waals surface area contributed by atoms with Crippen molar-refractivity contribution in [1.29, 1.82) is 0 Å². The third kappa shape index (κ3) is 11.3. The van der Waals surface area contributed by atoms with Crippen LogP contribution in [0.15, 0.2) is 73.2 Å². The Hall–Kier alpha value is -8.89. The molecule has 6 N–H and O–H groups in total. The first-order valence-electron chi connectivity index (χ1n) is 29.5. The number of anilines is 6. The number of rotatable bonds is 16. The second-order valence-corrected chi connectivity index (χ2v) is 24.0. The highest BCUT2D eigenvalue weighted by Gasteiger charge is 2.43. The third-order valence-corrected chi connectivity index (χ3v) is 17.8. The van der Waals surface area contributed by atoms with E-state index in [1.807, 2.05) is 9.80 Å². The van der Waals surface area contributed by atoms with Crippen molar-refractivity contribution in [2.45, 2.75) is 115 Å². The fourth-order valence-corrected chi connectivity index (χ4v) is 12.9. The van der Waals surface area contributed by atoms with Gasteiger partial charge in [0.15, 0.2) is 17.5 Å². The molecular formula is C63H59F10N15O3. The fraction of sp³-hybridized carbons (Fsp3) is 0.381. The van der Waals surface area contributed by atoms with E-state index in [1.165, 1.54) is 32.3 Å². The van der Waals surface area contributed by atoms with E-state index >= 15 is 35.1 Å². The molecule has 18 nitrogen and oxygen atoms in total. The van der Waals surface area contributed by atoms with E-state index in [1.54, 1.807) is 62.2 Å². The summed E-state index contributed by atoms with van der Waals surface area (Å²) in [6.07, 6.45) is -9.30. The predicted molar refractivity (Wildman–Crippen MR) is 319 cm³/mol. The molecular weight excluding hydrogens is 1200 g/mol. The van der Waals surface area contributed by atoms with Crippen LogP contribution < -0.4 is 30.7 Å². The molecule has 91 heavy (non-hydrogen) atoms. The normalized spacial score (nSPS) is 17.3. The summed E-state index contributed by atoms with van der Waals surface area (Å²) >= 11 is 0. The smallest absolute Gasteiger partial charge is 0.389 e. The molecule has 1 aliphatic carbocycles. The van der Waals surface area contributed by atoms with Crippen molar-refractivity contribution in [1.82, 2.24) is 45.5 Å². The molecule has 0 amide bonds. The molecule has 3 aliphatic heterocycles. The summed E-state index contributed by atoms with van der Waals surface area (Å²) in [5.41, 5.74) is -1.53. The first-order valence-corrected chi connectivity index (χ1v) is 29.5. The van der Waals surface area contributed by atoms with Gasteiger partial charge >= 0.3 is 12.4 Å². The average molecular weight is 1260 g/mol. The number of pyridine rings is 3. The predicted octanol–water partition coefficient (Wildman–Crippen LogP) is 10.9. The summed E-state index contributed by atoms with van der Waals surface area (Å²) in [7, 11) is 0. The van der Waals surface area contributed by atoms with Gasteiger partial charge in [-0.05, 0) is 93.1 Å². The average Bonchev–Trinajstić information content (AvgIpc) is 1.11. The highest BCUT2D eigenvalue weighted by molar-refractivity contribution is 5.95. The van der Waals surface area contributed by atoms with E-state index in [4.69, 9.17) is 0 Å². The lowest BCUT2D eigenvalue weighted by molar-refractivity contribution is -0.141. The van der Waals surface area contributed by atoms with Gasteiger partial charge in [0.05, 0.1) is 117 Å². The summed E-state index contributed by atoms with van der Waals surface area (Å²) in [5, 5.41) is 66.1. The molecule has 9 aromatic rings. The number of β-amino-alcohol motifs (C(OH)–C–C–N with tert-alkyl or cyclic N) is 3. The highest BCUT2D eigenvalue weighted by atomic mass is 19.4. The second-order valence-electron chi connectivity index (χ2n) is 24.0. The lowest BCUT2D eigenvalue weighted by atomic mass is 9.90. The number of fused-ring (bicyclic) bond motifs is 4. The lowest BCUT2D eigenvalue weighted by Gasteiger charge is -2.37. The summed E-state index contributed by atoms with van der Waals surface area (Å²) in [6, 6.07) is 10.1. The van der Waals surface area contributed by atoms with Crippen LogP contribution in [0.2, 0.25) is 0 Å². The first-order chi connectivity index (χ1) is 43.2. The number of nitrogens with one attached hydrogen (secondary N) is 3. The van der Waals surface area contributed by atoms with Crippen molar-refractivity contribution < 1.29 is 59.2 Å². The minimum Gasteiger partial charge on any atom is -0.389 e. The Morgan fingerprint density at radius 3 is 1.53 bits per heavy atom. The topological polar surface area (TPSA) is 223 Å². The Balaban J connectivity index is 0.808. The number of alkyl halides is 8. The molecule has 0 unspecified atom stereocenters. The number of aromatic nitrogens is 9. The van der Waals surface area contributed by atoms with Crippen LogP contribution in [0.25, 0.3) is 32.7 Å². The SMILES string of the molecule is Cc1c([C@@H](C)Nc2nnc(C)c3ncc(N4CC(O)C4)cc23)cc(F)c(Cc2nnc(N[C@H](C)c3ccc(Cc4nnc(N[C@H](C)c5cccc6c5CCC6(F)F)c5cc(N6CC(O)C6)cnc45)c(C(F)(F)F)c3F)c3cc(N4CC(O)C4)cnc23)c1C(F)(F)F. The van der Waals surface area contributed by atoms with E-state index in [-0.39, 0.29) is 101 Å². The van der Waals surface area contributed by atoms with Gasteiger partial charge in [0.25, 0.3) is 5.92 Å². The molecule has 3 saturated heterocycles.